The molecule has 1 saturated heterocycles. The van der Waals surface area contributed by atoms with Crippen LogP contribution in [-0.2, 0) is 9.53 Å². The Morgan fingerprint density at radius 1 is 1.21 bits per heavy atom. The molecule has 7 nitrogen and oxygen atoms in total. The second kappa shape index (κ2) is 9.14. The number of hydrogen-bond acceptors (Lipinski definition) is 5. The zero-order valence-corrected chi connectivity index (χ0v) is 16.7. The fourth-order valence-corrected chi connectivity index (χ4v) is 2.87. The fraction of sp³-hybridized carbons (Fsp3) is 0.273. The SMILES string of the molecule is COc1cc(/C=C/C(=O)Nc2cccc(N3CCOC3=O)c2)ccc1OC(C)C. The lowest BCUT2D eigenvalue weighted by Crippen LogP contribution is -2.23. The first-order valence-electron chi connectivity index (χ1n) is 9.34. The largest absolute Gasteiger partial charge is 0.493 e. The summed E-state index contributed by atoms with van der Waals surface area (Å²) in [6.45, 7) is 4.75. The van der Waals surface area contributed by atoms with Crippen LogP contribution in [0.2, 0.25) is 0 Å². The number of cyclic esters (lactones) is 1. The third kappa shape index (κ3) is 5.28. The molecule has 29 heavy (non-hydrogen) atoms. The Morgan fingerprint density at radius 2 is 2.03 bits per heavy atom. The average molecular weight is 396 g/mol. The first kappa shape index (κ1) is 20.3. The maximum atomic E-state index is 12.3. The van der Waals surface area contributed by atoms with Crippen molar-refractivity contribution in [1.82, 2.24) is 0 Å². The third-order valence-electron chi connectivity index (χ3n) is 4.16. The Morgan fingerprint density at radius 3 is 2.72 bits per heavy atom. The van der Waals surface area contributed by atoms with Gasteiger partial charge >= 0.3 is 6.09 Å². The summed E-state index contributed by atoms with van der Waals surface area (Å²) < 4.78 is 16.0. The van der Waals surface area contributed by atoms with Crippen LogP contribution in [0, 0.1) is 0 Å². The minimum absolute atomic E-state index is 0.0363. The first-order valence-corrected chi connectivity index (χ1v) is 9.34. The predicted molar refractivity (Wildman–Crippen MR) is 112 cm³/mol. The molecule has 2 amide bonds. The predicted octanol–water partition coefficient (Wildman–Crippen LogP) is 4.09. The molecule has 2 aromatic rings. The third-order valence-corrected chi connectivity index (χ3v) is 4.16. The van der Waals surface area contributed by atoms with E-state index in [9.17, 15) is 9.59 Å². The second-order valence-electron chi connectivity index (χ2n) is 6.72. The smallest absolute Gasteiger partial charge is 0.414 e. The van der Waals surface area contributed by atoms with Crippen LogP contribution in [-0.4, -0.2) is 38.4 Å². The molecule has 0 aromatic heterocycles. The van der Waals surface area contributed by atoms with Gasteiger partial charge in [0.25, 0.3) is 0 Å². The van der Waals surface area contributed by atoms with Gasteiger partial charge in [-0.05, 0) is 55.8 Å². The van der Waals surface area contributed by atoms with Crippen molar-refractivity contribution < 1.29 is 23.8 Å². The zero-order chi connectivity index (χ0) is 20.8. The highest BCUT2D eigenvalue weighted by Crippen LogP contribution is 2.29. The van der Waals surface area contributed by atoms with Crippen LogP contribution >= 0.6 is 0 Å². The van der Waals surface area contributed by atoms with Crippen molar-refractivity contribution in [2.75, 3.05) is 30.5 Å². The Kier molecular flexibility index (Phi) is 6.39. The minimum Gasteiger partial charge on any atom is -0.493 e. The molecular weight excluding hydrogens is 372 g/mol. The molecule has 0 saturated carbocycles. The number of ether oxygens (including phenoxy) is 3. The molecule has 0 bridgehead atoms. The van der Waals surface area contributed by atoms with Gasteiger partial charge in [0.05, 0.1) is 19.8 Å². The maximum Gasteiger partial charge on any atom is 0.414 e. The summed E-state index contributed by atoms with van der Waals surface area (Å²) in [4.78, 5) is 25.5. The lowest BCUT2D eigenvalue weighted by Gasteiger charge is -2.14. The lowest BCUT2D eigenvalue weighted by molar-refractivity contribution is -0.111. The van der Waals surface area contributed by atoms with Crippen molar-refractivity contribution in [1.29, 1.82) is 0 Å². The molecule has 1 heterocycles. The van der Waals surface area contributed by atoms with Gasteiger partial charge in [0.1, 0.15) is 6.61 Å². The van der Waals surface area contributed by atoms with Gasteiger partial charge < -0.3 is 19.5 Å². The summed E-state index contributed by atoms with van der Waals surface area (Å²) >= 11 is 0. The number of methoxy groups -OCH3 is 1. The number of anilines is 2. The monoisotopic (exact) mass is 396 g/mol. The Bertz CT molecular complexity index is 923. The molecule has 1 aliphatic heterocycles. The van der Waals surface area contributed by atoms with Crippen molar-refractivity contribution in [3.05, 3.63) is 54.1 Å². The molecular formula is C22H24N2O5. The summed E-state index contributed by atoms with van der Waals surface area (Å²) in [6, 6.07) is 12.5. The molecule has 0 atom stereocenters. The first-order chi connectivity index (χ1) is 14.0. The van der Waals surface area contributed by atoms with Crippen molar-refractivity contribution >= 4 is 29.5 Å². The topological polar surface area (TPSA) is 77.1 Å². The Labute approximate surface area is 169 Å². The number of rotatable bonds is 7. The van der Waals surface area contributed by atoms with Gasteiger partial charge in [0, 0.05) is 17.5 Å². The van der Waals surface area contributed by atoms with E-state index in [4.69, 9.17) is 14.2 Å². The number of carbonyl (C=O) groups is 2. The van der Waals surface area contributed by atoms with Crippen LogP contribution in [0.3, 0.4) is 0 Å². The molecule has 7 heteroatoms. The van der Waals surface area contributed by atoms with Crippen LogP contribution < -0.4 is 19.7 Å². The number of hydrogen-bond donors (Lipinski definition) is 1. The summed E-state index contributed by atoms with van der Waals surface area (Å²) in [6.07, 6.45) is 2.79. The quantitative estimate of drug-likeness (QED) is 0.714. The summed E-state index contributed by atoms with van der Waals surface area (Å²) in [7, 11) is 1.58. The number of carbonyl (C=O) groups excluding carboxylic acids is 2. The highest BCUT2D eigenvalue weighted by atomic mass is 16.6. The summed E-state index contributed by atoms with van der Waals surface area (Å²) in [5.74, 6) is 0.973. The summed E-state index contributed by atoms with van der Waals surface area (Å²) in [5, 5.41) is 2.80. The molecule has 1 N–H and O–H groups in total. The molecule has 1 aliphatic rings. The second-order valence-corrected chi connectivity index (χ2v) is 6.72. The molecule has 3 rings (SSSR count). The molecule has 152 valence electrons. The van der Waals surface area contributed by atoms with Gasteiger partial charge in [-0.2, -0.15) is 0 Å². The van der Waals surface area contributed by atoms with Crippen molar-refractivity contribution in [2.45, 2.75) is 20.0 Å². The minimum atomic E-state index is -0.382. The number of benzene rings is 2. The van der Waals surface area contributed by atoms with Crippen LogP contribution in [0.15, 0.2) is 48.5 Å². The summed E-state index contributed by atoms with van der Waals surface area (Å²) in [5.41, 5.74) is 2.08. The highest BCUT2D eigenvalue weighted by Gasteiger charge is 2.23. The van der Waals surface area contributed by atoms with Gasteiger partial charge in [-0.15, -0.1) is 0 Å². The Hall–Kier alpha value is -3.48. The Balaban J connectivity index is 1.66. The van der Waals surface area contributed by atoms with Gasteiger partial charge in [0.2, 0.25) is 5.91 Å². The van der Waals surface area contributed by atoms with E-state index < -0.39 is 0 Å². The fourth-order valence-electron chi connectivity index (χ4n) is 2.87. The van der Waals surface area contributed by atoms with Gasteiger partial charge in [-0.3, -0.25) is 9.69 Å². The van der Waals surface area contributed by atoms with E-state index in [-0.39, 0.29) is 18.1 Å². The normalized spacial score (nSPS) is 13.7. The van der Waals surface area contributed by atoms with Gasteiger partial charge in [-0.25, -0.2) is 4.79 Å². The standard InChI is InChI=1S/C22H24N2O5/c1-15(2)29-19-9-7-16(13-20(19)27-3)8-10-21(25)23-17-5-4-6-18(14-17)24-11-12-28-22(24)26/h4-10,13-15H,11-12H2,1-3H3,(H,23,25)/b10-8+. The van der Waals surface area contributed by atoms with Gasteiger partial charge in [0.15, 0.2) is 11.5 Å². The van der Waals surface area contributed by atoms with E-state index in [0.717, 1.165) is 5.56 Å². The molecule has 0 spiro atoms. The average Bonchev–Trinajstić information content (AvgIpc) is 3.13. The van der Waals surface area contributed by atoms with E-state index in [1.807, 2.05) is 26.0 Å². The molecule has 0 radical (unpaired) electrons. The van der Waals surface area contributed by atoms with Crippen LogP contribution in [0.5, 0.6) is 11.5 Å². The van der Waals surface area contributed by atoms with Crippen LogP contribution in [0.1, 0.15) is 19.4 Å². The number of nitrogens with zero attached hydrogens (tertiary/aromatic N) is 1. The molecule has 1 fully saturated rings. The van der Waals surface area contributed by atoms with Crippen molar-refractivity contribution in [2.24, 2.45) is 0 Å². The van der Waals surface area contributed by atoms with E-state index >= 15 is 0 Å². The number of nitrogens with one attached hydrogen (secondary N) is 1. The van der Waals surface area contributed by atoms with E-state index in [1.165, 1.54) is 11.0 Å². The number of amides is 2. The van der Waals surface area contributed by atoms with E-state index in [0.29, 0.717) is 36.0 Å². The maximum absolute atomic E-state index is 12.3. The molecule has 0 aliphatic carbocycles. The van der Waals surface area contributed by atoms with Gasteiger partial charge in [-0.1, -0.05) is 12.1 Å². The van der Waals surface area contributed by atoms with E-state index in [1.54, 1.807) is 43.5 Å². The highest BCUT2D eigenvalue weighted by molar-refractivity contribution is 6.02. The van der Waals surface area contributed by atoms with E-state index in [2.05, 4.69) is 5.32 Å². The molecule has 0 unspecified atom stereocenters. The van der Waals surface area contributed by atoms with Crippen LogP contribution in [0.4, 0.5) is 16.2 Å². The van der Waals surface area contributed by atoms with Crippen molar-refractivity contribution in [3.63, 3.8) is 0 Å². The molecule has 2 aromatic carbocycles. The lowest BCUT2D eigenvalue weighted by atomic mass is 10.2. The van der Waals surface area contributed by atoms with Crippen LogP contribution in [0.25, 0.3) is 6.08 Å². The zero-order valence-electron chi connectivity index (χ0n) is 16.7. The van der Waals surface area contributed by atoms with Crippen molar-refractivity contribution in [3.8, 4) is 11.5 Å².